The highest BCUT2D eigenvalue weighted by Gasteiger charge is 2.22. The van der Waals surface area contributed by atoms with Crippen molar-refractivity contribution < 1.29 is 0 Å². The molecule has 2 heterocycles. The fourth-order valence-corrected chi connectivity index (χ4v) is 2.70. The molecule has 0 bridgehead atoms. The minimum absolute atomic E-state index is 0.512. The third-order valence-electron chi connectivity index (χ3n) is 4.02. The first kappa shape index (κ1) is 15.3. The van der Waals surface area contributed by atoms with Gasteiger partial charge in [-0.2, -0.15) is 0 Å². The van der Waals surface area contributed by atoms with Crippen molar-refractivity contribution in [2.45, 2.75) is 46.3 Å². The quantitative estimate of drug-likeness (QED) is 0.892. The topological polar surface area (TPSA) is 31.4 Å². The van der Waals surface area contributed by atoms with Gasteiger partial charge in [-0.15, -0.1) is 0 Å². The molecule has 0 spiro atoms. The van der Waals surface area contributed by atoms with Gasteiger partial charge in [0, 0.05) is 44.5 Å². The Bertz CT molecular complexity index is 401. The molecule has 1 unspecified atom stereocenters. The standard InChI is InChI=1S/C16H28N4/c1-5-19-8-9-20(12-14(19)4)16-7-6-15(11-18-16)10-17-13(2)3/h6-7,11,13-14,17H,5,8-10,12H2,1-4H3. The zero-order chi connectivity index (χ0) is 14.5. The fourth-order valence-electron chi connectivity index (χ4n) is 2.70. The van der Waals surface area contributed by atoms with Crippen LogP contribution in [-0.4, -0.2) is 48.1 Å². The smallest absolute Gasteiger partial charge is 0.128 e. The predicted octanol–water partition coefficient (Wildman–Crippen LogP) is 2.11. The lowest BCUT2D eigenvalue weighted by Gasteiger charge is -2.39. The Balaban J connectivity index is 1.93. The predicted molar refractivity (Wildman–Crippen MR) is 85.1 cm³/mol. The van der Waals surface area contributed by atoms with Crippen molar-refractivity contribution in [1.29, 1.82) is 0 Å². The van der Waals surface area contributed by atoms with E-state index in [9.17, 15) is 0 Å². The second-order valence-electron chi connectivity index (χ2n) is 5.98. The highest BCUT2D eigenvalue weighted by Crippen LogP contribution is 2.17. The summed E-state index contributed by atoms with van der Waals surface area (Å²) in [5, 5.41) is 3.42. The number of hydrogen-bond acceptors (Lipinski definition) is 4. The minimum Gasteiger partial charge on any atom is -0.354 e. The molecular weight excluding hydrogens is 248 g/mol. The lowest BCUT2D eigenvalue weighted by Crippen LogP contribution is -2.51. The van der Waals surface area contributed by atoms with Crippen molar-refractivity contribution >= 4 is 5.82 Å². The van der Waals surface area contributed by atoms with Gasteiger partial charge in [-0.05, 0) is 25.1 Å². The van der Waals surface area contributed by atoms with Gasteiger partial charge in [0.25, 0.3) is 0 Å². The van der Waals surface area contributed by atoms with Gasteiger partial charge >= 0.3 is 0 Å². The van der Waals surface area contributed by atoms with E-state index >= 15 is 0 Å². The number of rotatable bonds is 5. The first-order valence-corrected chi connectivity index (χ1v) is 7.77. The molecule has 0 radical (unpaired) electrons. The molecule has 0 aliphatic carbocycles. The maximum absolute atomic E-state index is 4.63. The molecule has 1 fully saturated rings. The molecule has 1 saturated heterocycles. The molecule has 1 N–H and O–H groups in total. The Hall–Kier alpha value is -1.13. The molecule has 0 saturated carbocycles. The van der Waals surface area contributed by atoms with Crippen molar-refractivity contribution in [2.75, 3.05) is 31.1 Å². The molecule has 1 aromatic heterocycles. The SMILES string of the molecule is CCN1CCN(c2ccc(CNC(C)C)cn2)CC1C. The van der Waals surface area contributed by atoms with Gasteiger partial charge in [-0.25, -0.2) is 4.98 Å². The highest BCUT2D eigenvalue weighted by molar-refractivity contribution is 5.40. The van der Waals surface area contributed by atoms with E-state index in [4.69, 9.17) is 0 Å². The van der Waals surface area contributed by atoms with E-state index in [0.29, 0.717) is 12.1 Å². The van der Waals surface area contributed by atoms with Crippen LogP contribution >= 0.6 is 0 Å². The number of hydrogen-bond donors (Lipinski definition) is 1. The van der Waals surface area contributed by atoms with Gasteiger partial charge in [-0.3, -0.25) is 4.90 Å². The van der Waals surface area contributed by atoms with Crippen LogP contribution in [0.5, 0.6) is 0 Å². The van der Waals surface area contributed by atoms with Crippen LogP contribution in [-0.2, 0) is 6.54 Å². The molecule has 112 valence electrons. The van der Waals surface area contributed by atoms with Gasteiger partial charge in [0.05, 0.1) is 0 Å². The Morgan fingerprint density at radius 1 is 1.35 bits per heavy atom. The zero-order valence-electron chi connectivity index (χ0n) is 13.3. The van der Waals surface area contributed by atoms with Crippen LogP contribution < -0.4 is 10.2 Å². The summed E-state index contributed by atoms with van der Waals surface area (Å²) in [6, 6.07) is 5.47. The molecule has 20 heavy (non-hydrogen) atoms. The van der Waals surface area contributed by atoms with Gasteiger partial charge in [-0.1, -0.05) is 26.8 Å². The number of aromatic nitrogens is 1. The van der Waals surface area contributed by atoms with E-state index in [1.54, 1.807) is 0 Å². The number of nitrogens with zero attached hydrogens (tertiary/aromatic N) is 3. The lowest BCUT2D eigenvalue weighted by molar-refractivity contribution is 0.199. The average Bonchev–Trinajstić information content (AvgIpc) is 2.45. The van der Waals surface area contributed by atoms with Crippen LogP contribution in [0.3, 0.4) is 0 Å². The number of piperazine rings is 1. The van der Waals surface area contributed by atoms with E-state index < -0.39 is 0 Å². The molecule has 1 atom stereocenters. The normalized spacial score (nSPS) is 20.6. The molecule has 4 heteroatoms. The van der Waals surface area contributed by atoms with E-state index in [-0.39, 0.29) is 0 Å². The Labute approximate surface area is 123 Å². The van der Waals surface area contributed by atoms with Crippen molar-refractivity contribution in [1.82, 2.24) is 15.2 Å². The Kier molecular flexibility index (Phi) is 5.38. The minimum atomic E-state index is 0.512. The summed E-state index contributed by atoms with van der Waals surface area (Å²) < 4.78 is 0. The summed E-state index contributed by atoms with van der Waals surface area (Å²) >= 11 is 0. The summed E-state index contributed by atoms with van der Waals surface area (Å²) in [6.45, 7) is 14.2. The van der Waals surface area contributed by atoms with Crippen molar-refractivity contribution in [2.24, 2.45) is 0 Å². The number of nitrogens with one attached hydrogen (secondary N) is 1. The van der Waals surface area contributed by atoms with Gasteiger partial charge in [0.1, 0.15) is 5.82 Å². The molecule has 1 aromatic rings. The van der Waals surface area contributed by atoms with Gasteiger partial charge in [0.2, 0.25) is 0 Å². The Morgan fingerprint density at radius 3 is 2.70 bits per heavy atom. The first-order chi connectivity index (χ1) is 9.60. The van der Waals surface area contributed by atoms with E-state index in [0.717, 1.165) is 38.5 Å². The zero-order valence-corrected chi connectivity index (χ0v) is 13.3. The van der Waals surface area contributed by atoms with E-state index in [1.165, 1.54) is 5.56 Å². The van der Waals surface area contributed by atoms with Crippen molar-refractivity contribution in [3.8, 4) is 0 Å². The second kappa shape index (κ2) is 7.04. The maximum Gasteiger partial charge on any atom is 0.128 e. The third-order valence-corrected chi connectivity index (χ3v) is 4.02. The summed E-state index contributed by atoms with van der Waals surface area (Å²) in [5.74, 6) is 1.11. The second-order valence-corrected chi connectivity index (χ2v) is 5.98. The van der Waals surface area contributed by atoms with E-state index in [2.05, 4.69) is 59.9 Å². The van der Waals surface area contributed by atoms with Crippen molar-refractivity contribution in [3.05, 3.63) is 23.9 Å². The van der Waals surface area contributed by atoms with Crippen LogP contribution in [0.4, 0.5) is 5.82 Å². The summed E-state index contributed by atoms with van der Waals surface area (Å²) in [5.41, 5.74) is 1.25. The Morgan fingerprint density at radius 2 is 2.15 bits per heavy atom. The first-order valence-electron chi connectivity index (χ1n) is 7.77. The molecule has 2 rings (SSSR count). The van der Waals surface area contributed by atoms with Crippen molar-refractivity contribution in [3.63, 3.8) is 0 Å². The lowest BCUT2D eigenvalue weighted by atomic mass is 10.2. The third kappa shape index (κ3) is 3.93. The number of likely N-dealkylation sites (N-methyl/N-ethyl adjacent to an activating group) is 1. The summed E-state index contributed by atoms with van der Waals surface area (Å²) in [6.07, 6.45) is 2.00. The monoisotopic (exact) mass is 276 g/mol. The van der Waals surface area contributed by atoms with E-state index in [1.807, 2.05) is 6.20 Å². The summed E-state index contributed by atoms with van der Waals surface area (Å²) in [4.78, 5) is 9.56. The van der Waals surface area contributed by atoms with Crippen LogP contribution in [0.15, 0.2) is 18.3 Å². The van der Waals surface area contributed by atoms with Crippen LogP contribution in [0.1, 0.15) is 33.3 Å². The van der Waals surface area contributed by atoms with Crippen LogP contribution in [0, 0.1) is 0 Å². The molecule has 0 aromatic carbocycles. The molecule has 4 nitrogen and oxygen atoms in total. The van der Waals surface area contributed by atoms with Gasteiger partial charge < -0.3 is 10.2 Å². The van der Waals surface area contributed by atoms with Crippen LogP contribution in [0.25, 0.3) is 0 Å². The number of anilines is 1. The molecule has 0 amide bonds. The number of pyridine rings is 1. The van der Waals surface area contributed by atoms with Crippen LogP contribution in [0.2, 0.25) is 0 Å². The average molecular weight is 276 g/mol. The fraction of sp³-hybridized carbons (Fsp3) is 0.688. The largest absolute Gasteiger partial charge is 0.354 e. The molecule has 1 aliphatic rings. The molecular formula is C16H28N4. The summed E-state index contributed by atoms with van der Waals surface area (Å²) in [7, 11) is 0. The van der Waals surface area contributed by atoms with Gasteiger partial charge in [0.15, 0.2) is 0 Å². The molecule has 1 aliphatic heterocycles. The highest BCUT2D eigenvalue weighted by atomic mass is 15.3. The maximum atomic E-state index is 4.63.